The van der Waals surface area contributed by atoms with E-state index in [0.29, 0.717) is 5.56 Å². The largest absolute Gasteiger partial charge is 0.478 e. The zero-order chi connectivity index (χ0) is 15.6. The number of pyridine rings is 1. The molecule has 0 unspecified atom stereocenters. The highest BCUT2D eigenvalue weighted by Crippen LogP contribution is 2.27. The van der Waals surface area contributed by atoms with E-state index in [1.807, 2.05) is 0 Å². The Bertz CT molecular complexity index is 788. The van der Waals surface area contributed by atoms with Crippen molar-refractivity contribution < 1.29 is 18.3 Å². The first-order valence-corrected chi connectivity index (χ1v) is 7.99. The minimum Gasteiger partial charge on any atom is -0.478 e. The van der Waals surface area contributed by atoms with Crippen LogP contribution in [-0.2, 0) is 15.6 Å². The quantitative estimate of drug-likeness (QED) is 0.934. The average Bonchev–Trinajstić information content (AvgIpc) is 2.41. The number of aromatic nitrogens is 1. The first-order chi connectivity index (χ1) is 9.81. The van der Waals surface area contributed by atoms with Crippen LogP contribution in [0.4, 0.5) is 0 Å². The molecule has 0 radical (unpaired) electrons. The molecular weight excluding hydrogens is 314 g/mol. The molecule has 0 aliphatic carbocycles. The molecule has 2 rings (SSSR count). The molecule has 5 nitrogen and oxygen atoms in total. The maximum absolute atomic E-state index is 12.5. The number of halogens is 1. The van der Waals surface area contributed by atoms with Gasteiger partial charge in [0.25, 0.3) is 0 Å². The number of benzene rings is 1. The van der Waals surface area contributed by atoms with Gasteiger partial charge in [0.15, 0.2) is 9.84 Å². The van der Waals surface area contributed by atoms with Crippen molar-refractivity contribution in [3.63, 3.8) is 0 Å². The van der Waals surface area contributed by atoms with E-state index in [1.165, 1.54) is 25.3 Å². The summed E-state index contributed by atoms with van der Waals surface area (Å²) in [4.78, 5) is 14.9. The molecule has 21 heavy (non-hydrogen) atoms. The molecule has 2 aromatic rings. The predicted molar refractivity (Wildman–Crippen MR) is 78.3 cm³/mol. The van der Waals surface area contributed by atoms with Gasteiger partial charge in [-0.1, -0.05) is 17.7 Å². The van der Waals surface area contributed by atoms with Crippen LogP contribution < -0.4 is 0 Å². The second-order valence-corrected chi connectivity index (χ2v) is 6.90. The first kappa shape index (κ1) is 15.5. The number of carboxylic acid groups (broad SMARTS) is 1. The van der Waals surface area contributed by atoms with Crippen molar-refractivity contribution in [2.45, 2.75) is 17.6 Å². The summed E-state index contributed by atoms with van der Waals surface area (Å²) in [5.74, 6) is -1.48. The Balaban J connectivity index is 2.53. The van der Waals surface area contributed by atoms with Crippen LogP contribution in [0.5, 0.6) is 0 Å². The van der Waals surface area contributed by atoms with Crippen molar-refractivity contribution in [1.82, 2.24) is 4.98 Å². The van der Waals surface area contributed by atoms with E-state index in [4.69, 9.17) is 16.7 Å². The zero-order valence-corrected chi connectivity index (χ0v) is 12.6. The van der Waals surface area contributed by atoms with Crippen molar-refractivity contribution in [1.29, 1.82) is 0 Å². The third-order valence-corrected chi connectivity index (χ3v) is 5.00. The maximum atomic E-state index is 12.5. The van der Waals surface area contributed by atoms with Gasteiger partial charge in [-0.05, 0) is 36.2 Å². The van der Waals surface area contributed by atoms with Crippen LogP contribution in [0, 0.1) is 6.92 Å². The number of rotatable bonds is 4. The van der Waals surface area contributed by atoms with Gasteiger partial charge in [-0.3, -0.25) is 4.98 Å². The lowest BCUT2D eigenvalue weighted by atomic mass is 10.1. The van der Waals surface area contributed by atoms with Crippen molar-refractivity contribution >= 4 is 27.4 Å². The van der Waals surface area contributed by atoms with E-state index in [-0.39, 0.29) is 26.8 Å². The number of hydrogen-bond acceptors (Lipinski definition) is 4. The molecule has 7 heteroatoms. The van der Waals surface area contributed by atoms with E-state index in [2.05, 4.69) is 4.98 Å². The molecule has 1 heterocycles. The molecule has 0 bridgehead atoms. The fraction of sp³-hybridized carbons (Fsp3) is 0.143. The second-order valence-electron chi connectivity index (χ2n) is 4.50. The van der Waals surface area contributed by atoms with Gasteiger partial charge in [0.05, 0.1) is 16.2 Å². The average molecular weight is 326 g/mol. The van der Waals surface area contributed by atoms with Crippen molar-refractivity contribution in [3.8, 4) is 0 Å². The summed E-state index contributed by atoms with van der Waals surface area (Å²) in [5.41, 5.74) is 0.580. The highest BCUT2D eigenvalue weighted by atomic mass is 35.5. The number of sulfone groups is 1. The Morgan fingerprint density at radius 2 is 2.10 bits per heavy atom. The standard InChI is InChI=1S/C14H12ClNO4S/c1-9-12(14(17)18)5-11(15)6-13(9)21(19,20)8-10-3-2-4-16-7-10/h2-7H,8H2,1H3,(H,17,18). The van der Waals surface area contributed by atoms with Crippen LogP contribution in [0.25, 0.3) is 0 Å². The van der Waals surface area contributed by atoms with Gasteiger partial charge in [0.1, 0.15) is 0 Å². The lowest BCUT2D eigenvalue weighted by Gasteiger charge is -2.11. The van der Waals surface area contributed by atoms with Crippen molar-refractivity contribution in [2.24, 2.45) is 0 Å². The summed E-state index contributed by atoms with van der Waals surface area (Å²) in [5, 5.41) is 9.18. The Morgan fingerprint density at radius 1 is 1.38 bits per heavy atom. The lowest BCUT2D eigenvalue weighted by molar-refractivity contribution is 0.0696. The first-order valence-electron chi connectivity index (χ1n) is 5.96. The van der Waals surface area contributed by atoms with Crippen LogP contribution in [-0.4, -0.2) is 24.5 Å². The Kier molecular flexibility index (Phi) is 4.29. The number of carboxylic acids is 1. The smallest absolute Gasteiger partial charge is 0.336 e. The number of hydrogen-bond donors (Lipinski definition) is 1. The van der Waals surface area contributed by atoms with Gasteiger partial charge >= 0.3 is 5.97 Å². The summed E-state index contributed by atoms with van der Waals surface area (Å²) in [7, 11) is -3.71. The molecule has 0 spiro atoms. The van der Waals surface area contributed by atoms with Crippen molar-refractivity contribution in [3.05, 3.63) is 58.4 Å². The molecule has 0 amide bonds. The summed E-state index contributed by atoms with van der Waals surface area (Å²) >= 11 is 5.83. The Labute approximate surface area is 127 Å². The summed E-state index contributed by atoms with van der Waals surface area (Å²) in [6.07, 6.45) is 3.00. The normalized spacial score (nSPS) is 11.3. The van der Waals surface area contributed by atoms with E-state index in [1.54, 1.807) is 18.3 Å². The molecule has 0 saturated heterocycles. The van der Waals surface area contributed by atoms with E-state index in [9.17, 15) is 13.2 Å². The second kappa shape index (κ2) is 5.83. The molecule has 1 N–H and O–H groups in total. The Morgan fingerprint density at radius 3 is 2.67 bits per heavy atom. The minimum absolute atomic E-state index is 0.0720. The zero-order valence-electron chi connectivity index (χ0n) is 11.1. The molecule has 110 valence electrons. The van der Waals surface area contributed by atoms with Gasteiger partial charge in [-0.25, -0.2) is 13.2 Å². The Hall–Kier alpha value is -1.92. The highest BCUT2D eigenvalue weighted by molar-refractivity contribution is 7.90. The van der Waals surface area contributed by atoms with E-state index in [0.717, 1.165) is 0 Å². The molecule has 1 aromatic carbocycles. The summed E-state index contributed by atoms with van der Waals surface area (Å²) in [6.45, 7) is 1.45. The van der Waals surface area contributed by atoms with Crippen LogP contribution in [0.1, 0.15) is 21.5 Å². The molecular formula is C14H12ClNO4S. The van der Waals surface area contributed by atoms with Gasteiger partial charge in [-0.2, -0.15) is 0 Å². The van der Waals surface area contributed by atoms with E-state index < -0.39 is 15.8 Å². The van der Waals surface area contributed by atoms with Crippen LogP contribution in [0.15, 0.2) is 41.6 Å². The molecule has 0 aliphatic heterocycles. The third kappa shape index (κ3) is 3.40. The number of carbonyl (C=O) groups is 1. The van der Waals surface area contributed by atoms with E-state index >= 15 is 0 Å². The third-order valence-electron chi connectivity index (χ3n) is 2.97. The molecule has 0 aliphatic rings. The lowest BCUT2D eigenvalue weighted by Crippen LogP contribution is -2.10. The minimum atomic E-state index is -3.71. The number of nitrogens with zero attached hydrogens (tertiary/aromatic N) is 1. The highest BCUT2D eigenvalue weighted by Gasteiger charge is 2.22. The molecule has 0 atom stereocenters. The molecule has 1 aromatic heterocycles. The fourth-order valence-electron chi connectivity index (χ4n) is 1.98. The van der Waals surface area contributed by atoms with Crippen LogP contribution in [0.3, 0.4) is 0 Å². The van der Waals surface area contributed by atoms with Crippen LogP contribution in [0.2, 0.25) is 5.02 Å². The van der Waals surface area contributed by atoms with Crippen LogP contribution >= 0.6 is 11.6 Å². The maximum Gasteiger partial charge on any atom is 0.336 e. The van der Waals surface area contributed by atoms with Gasteiger partial charge in [-0.15, -0.1) is 0 Å². The summed E-state index contributed by atoms with van der Waals surface area (Å²) in [6, 6.07) is 5.79. The SMILES string of the molecule is Cc1c(C(=O)O)cc(Cl)cc1S(=O)(=O)Cc1cccnc1. The van der Waals surface area contributed by atoms with Crippen molar-refractivity contribution in [2.75, 3.05) is 0 Å². The molecule has 0 saturated carbocycles. The number of aromatic carboxylic acids is 1. The fourth-order valence-corrected chi connectivity index (χ4v) is 3.91. The topological polar surface area (TPSA) is 84.3 Å². The van der Waals surface area contributed by atoms with Gasteiger partial charge < -0.3 is 5.11 Å². The van der Waals surface area contributed by atoms with Gasteiger partial charge in [0.2, 0.25) is 0 Å². The summed E-state index contributed by atoms with van der Waals surface area (Å²) < 4.78 is 24.9. The van der Waals surface area contributed by atoms with Gasteiger partial charge in [0, 0.05) is 17.4 Å². The molecule has 0 fully saturated rings. The predicted octanol–water partition coefficient (Wildman–Crippen LogP) is 2.72. The monoisotopic (exact) mass is 325 g/mol.